The monoisotopic (exact) mass is 444 g/mol. The Kier molecular flexibility index (Phi) is 7.84. The van der Waals surface area contributed by atoms with Gasteiger partial charge in [0.05, 0.1) is 11.3 Å². The SMILES string of the molecule is CCCN(CC(=O)Nc1ccc(F)c(F)c1F)C(=O)/C=C(/c1ccccc1)C(F)(F)F. The van der Waals surface area contributed by atoms with Gasteiger partial charge in [-0.15, -0.1) is 0 Å². The summed E-state index contributed by atoms with van der Waals surface area (Å²) in [5, 5.41) is 1.98. The smallest absolute Gasteiger partial charge is 0.330 e. The van der Waals surface area contributed by atoms with Crippen LogP contribution in [0, 0.1) is 17.5 Å². The van der Waals surface area contributed by atoms with E-state index in [0.29, 0.717) is 18.6 Å². The zero-order valence-electron chi connectivity index (χ0n) is 16.3. The molecule has 0 heterocycles. The maximum Gasteiger partial charge on any atom is 0.417 e. The van der Waals surface area contributed by atoms with E-state index in [1.165, 1.54) is 30.3 Å². The third kappa shape index (κ3) is 6.34. The molecule has 0 unspecified atom stereocenters. The molecular weight excluding hydrogens is 426 g/mol. The first-order valence-corrected chi connectivity index (χ1v) is 9.11. The summed E-state index contributed by atoms with van der Waals surface area (Å²) in [7, 11) is 0. The Balaban J connectivity index is 2.24. The van der Waals surface area contributed by atoms with Crippen molar-refractivity contribution in [2.75, 3.05) is 18.4 Å². The fraction of sp³-hybridized carbons (Fsp3) is 0.238. The van der Waals surface area contributed by atoms with E-state index in [9.17, 15) is 35.9 Å². The quantitative estimate of drug-likeness (QED) is 0.374. The summed E-state index contributed by atoms with van der Waals surface area (Å²) in [6.07, 6.45) is -4.12. The van der Waals surface area contributed by atoms with Crippen LogP contribution < -0.4 is 5.32 Å². The first-order valence-electron chi connectivity index (χ1n) is 9.11. The molecule has 2 amide bonds. The van der Waals surface area contributed by atoms with Gasteiger partial charge < -0.3 is 10.2 Å². The molecule has 0 fully saturated rings. The number of carbonyl (C=O) groups is 2. The number of anilines is 1. The third-order valence-electron chi connectivity index (χ3n) is 4.11. The third-order valence-corrected chi connectivity index (χ3v) is 4.11. The molecule has 0 aromatic heterocycles. The van der Waals surface area contributed by atoms with Crippen LogP contribution in [0.25, 0.3) is 5.57 Å². The molecule has 166 valence electrons. The van der Waals surface area contributed by atoms with Gasteiger partial charge in [-0.1, -0.05) is 37.3 Å². The van der Waals surface area contributed by atoms with Crippen molar-refractivity contribution < 1.29 is 35.9 Å². The van der Waals surface area contributed by atoms with Crippen LogP contribution in [0.1, 0.15) is 18.9 Å². The molecule has 0 bridgehead atoms. The number of hydrogen-bond acceptors (Lipinski definition) is 2. The van der Waals surface area contributed by atoms with Gasteiger partial charge in [-0.05, 0) is 24.1 Å². The fourth-order valence-electron chi connectivity index (χ4n) is 2.68. The van der Waals surface area contributed by atoms with Crippen LogP contribution in [0.5, 0.6) is 0 Å². The van der Waals surface area contributed by atoms with Crippen molar-refractivity contribution in [2.24, 2.45) is 0 Å². The molecule has 31 heavy (non-hydrogen) atoms. The number of nitrogens with zero attached hydrogens (tertiary/aromatic N) is 1. The topological polar surface area (TPSA) is 49.4 Å². The summed E-state index contributed by atoms with van der Waals surface area (Å²) in [6, 6.07) is 8.05. The van der Waals surface area contributed by atoms with E-state index in [0.717, 1.165) is 11.0 Å². The molecule has 0 saturated heterocycles. The maximum absolute atomic E-state index is 13.7. The Hall–Kier alpha value is -3.30. The number of rotatable bonds is 7. The second-order valence-corrected chi connectivity index (χ2v) is 6.45. The van der Waals surface area contributed by atoms with Crippen molar-refractivity contribution in [1.82, 2.24) is 4.90 Å². The number of benzene rings is 2. The summed E-state index contributed by atoms with van der Waals surface area (Å²) < 4.78 is 80.4. The summed E-state index contributed by atoms with van der Waals surface area (Å²) in [5.41, 5.74) is -2.08. The zero-order valence-corrected chi connectivity index (χ0v) is 16.3. The minimum atomic E-state index is -4.83. The number of amides is 2. The normalized spacial score (nSPS) is 11.9. The van der Waals surface area contributed by atoms with Crippen LogP contribution in [0.15, 0.2) is 48.5 Å². The number of nitrogens with one attached hydrogen (secondary N) is 1. The number of allylic oxidation sites excluding steroid dienone is 1. The first-order chi connectivity index (χ1) is 14.5. The summed E-state index contributed by atoms with van der Waals surface area (Å²) in [5.74, 6) is -6.96. The molecule has 0 spiro atoms. The van der Waals surface area contributed by atoms with E-state index < -0.39 is 53.2 Å². The lowest BCUT2D eigenvalue weighted by molar-refractivity contribution is -0.130. The highest BCUT2D eigenvalue weighted by Gasteiger charge is 2.35. The molecular formula is C21H18F6N2O2. The lowest BCUT2D eigenvalue weighted by Crippen LogP contribution is -2.38. The van der Waals surface area contributed by atoms with Gasteiger partial charge in [0.2, 0.25) is 11.8 Å². The molecule has 0 aliphatic heterocycles. The van der Waals surface area contributed by atoms with E-state index in [-0.39, 0.29) is 12.1 Å². The average molecular weight is 444 g/mol. The molecule has 0 saturated carbocycles. The highest BCUT2D eigenvalue weighted by Crippen LogP contribution is 2.33. The molecule has 10 heteroatoms. The number of alkyl halides is 3. The van der Waals surface area contributed by atoms with Gasteiger partial charge in [-0.25, -0.2) is 13.2 Å². The molecule has 4 nitrogen and oxygen atoms in total. The Morgan fingerprint density at radius 3 is 2.23 bits per heavy atom. The highest BCUT2D eigenvalue weighted by atomic mass is 19.4. The van der Waals surface area contributed by atoms with E-state index in [4.69, 9.17) is 0 Å². The highest BCUT2D eigenvalue weighted by molar-refractivity contribution is 6.00. The molecule has 1 N–H and O–H groups in total. The molecule has 2 rings (SSSR count). The molecule has 0 radical (unpaired) electrons. The van der Waals surface area contributed by atoms with Crippen molar-refractivity contribution in [3.63, 3.8) is 0 Å². The Morgan fingerprint density at radius 2 is 1.65 bits per heavy atom. The van der Waals surface area contributed by atoms with Crippen LogP contribution in [-0.2, 0) is 9.59 Å². The van der Waals surface area contributed by atoms with Crippen LogP contribution in [0.2, 0.25) is 0 Å². The molecule has 0 aliphatic rings. The van der Waals surface area contributed by atoms with Gasteiger partial charge in [-0.2, -0.15) is 13.2 Å². The largest absolute Gasteiger partial charge is 0.417 e. The van der Waals surface area contributed by atoms with Crippen molar-refractivity contribution in [3.05, 3.63) is 71.6 Å². The van der Waals surface area contributed by atoms with Crippen LogP contribution >= 0.6 is 0 Å². The van der Waals surface area contributed by atoms with Gasteiger partial charge in [0.15, 0.2) is 17.5 Å². The number of halogens is 6. The molecule has 2 aromatic rings. The summed E-state index contributed by atoms with van der Waals surface area (Å²) in [4.78, 5) is 25.5. The maximum atomic E-state index is 13.7. The van der Waals surface area contributed by atoms with Crippen LogP contribution in [-0.4, -0.2) is 36.0 Å². The number of hydrogen-bond donors (Lipinski definition) is 1. The van der Waals surface area contributed by atoms with Crippen LogP contribution in [0.4, 0.5) is 32.0 Å². The van der Waals surface area contributed by atoms with E-state index in [1.807, 2.05) is 5.32 Å². The van der Waals surface area contributed by atoms with Gasteiger partial charge in [0.25, 0.3) is 0 Å². The average Bonchev–Trinajstić information content (AvgIpc) is 2.71. The fourth-order valence-corrected chi connectivity index (χ4v) is 2.68. The van der Waals surface area contributed by atoms with Gasteiger partial charge in [0, 0.05) is 12.6 Å². The molecule has 0 aliphatic carbocycles. The van der Waals surface area contributed by atoms with Crippen molar-refractivity contribution in [3.8, 4) is 0 Å². The molecule has 0 atom stereocenters. The van der Waals surface area contributed by atoms with Crippen LogP contribution in [0.3, 0.4) is 0 Å². The predicted octanol–water partition coefficient (Wildman–Crippen LogP) is 4.93. The van der Waals surface area contributed by atoms with E-state index in [2.05, 4.69) is 0 Å². The predicted molar refractivity (Wildman–Crippen MR) is 102 cm³/mol. The first kappa shape index (κ1) is 24.0. The Labute approximate surface area is 174 Å². The summed E-state index contributed by atoms with van der Waals surface area (Å²) >= 11 is 0. The van der Waals surface area contributed by atoms with Crippen molar-refractivity contribution in [1.29, 1.82) is 0 Å². The van der Waals surface area contributed by atoms with Gasteiger partial charge in [-0.3, -0.25) is 9.59 Å². The van der Waals surface area contributed by atoms with E-state index in [1.54, 1.807) is 6.92 Å². The Bertz CT molecular complexity index is 974. The van der Waals surface area contributed by atoms with Gasteiger partial charge in [0.1, 0.15) is 6.54 Å². The minimum absolute atomic E-state index is 0.0665. The zero-order chi connectivity index (χ0) is 23.2. The standard InChI is InChI=1S/C21H18F6N2O2/c1-2-10-29(12-17(30)28-16-9-8-15(22)19(23)20(16)24)18(31)11-14(21(25,26)27)13-6-4-3-5-7-13/h3-9,11H,2,10,12H2,1H3,(H,28,30)/b14-11-. The lowest BCUT2D eigenvalue weighted by Gasteiger charge is -2.21. The molecule has 2 aromatic carbocycles. The second-order valence-electron chi connectivity index (χ2n) is 6.45. The van der Waals surface area contributed by atoms with Gasteiger partial charge >= 0.3 is 6.18 Å². The summed E-state index contributed by atoms with van der Waals surface area (Å²) in [6.45, 7) is 0.850. The Morgan fingerprint density at radius 1 is 1.00 bits per heavy atom. The van der Waals surface area contributed by atoms with Crippen molar-refractivity contribution in [2.45, 2.75) is 19.5 Å². The lowest BCUT2D eigenvalue weighted by atomic mass is 10.0. The minimum Gasteiger partial charge on any atom is -0.330 e. The van der Waals surface area contributed by atoms with Crippen molar-refractivity contribution >= 4 is 23.1 Å². The number of carbonyl (C=O) groups excluding carboxylic acids is 2. The second kappa shape index (κ2) is 10.1. The van der Waals surface area contributed by atoms with E-state index >= 15 is 0 Å².